The first-order valence-electron chi connectivity index (χ1n) is 5.92. The van der Waals surface area contributed by atoms with E-state index in [2.05, 4.69) is 5.16 Å². The summed E-state index contributed by atoms with van der Waals surface area (Å²) in [5.41, 5.74) is 7.21. The normalized spacial score (nSPS) is 13.6. The zero-order valence-electron chi connectivity index (χ0n) is 9.89. The minimum absolute atomic E-state index is 0.551. The summed E-state index contributed by atoms with van der Waals surface area (Å²) in [7, 11) is 0. The molecule has 2 aromatic rings. The van der Waals surface area contributed by atoms with Crippen LogP contribution in [0, 0.1) is 0 Å². The van der Waals surface area contributed by atoms with E-state index in [1.165, 1.54) is 0 Å². The number of rotatable bonds is 3. The van der Waals surface area contributed by atoms with Crippen molar-refractivity contribution in [2.45, 2.75) is 6.42 Å². The Hall–Kier alpha value is -2.01. The van der Waals surface area contributed by atoms with Crippen molar-refractivity contribution in [3.8, 4) is 22.8 Å². The number of nitrogens with zero attached hydrogens (tertiary/aromatic N) is 1. The Bertz CT molecular complexity index is 551. The second-order valence-corrected chi connectivity index (χ2v) is 4.08. The Morgan fingerprint density at radius 1 is 1.11 bits per heavy atom. The van der Waals surface area contributed by atoms with Crippen LogP contribution in [0.5, 0.6) is 11.5 Å². The molecule has 1 aromatic carbocycles. The fourth-order valence-electron chi connectivity index (χ4n) is 1.91. The van der Waals surface area contributed by atoms with E-state index < -0.39 is 0 Å². The molecule has 0 saturated carbocycles. The van der Waals surface area contributed by atoms with Gasteiger partial charge in [-0.05, 0) is 24.7 Å². The third-order valence-corrected chi connectivity index (χ3v) is 2.79. The van der Waals surface area contributed by atoms with E-state index in [0.29, 0.717) is 26.2 Å². The van der Waals surface area contributed by atoms with E-state index >= 15 is 0 Å². The third-order valence-electron chi connectivity index (χ3n) is 2.79. The van der Waals surface area contributed by atoms with Gasteiger partial charge in [-0.25, -0.2) is 0 Å². The van der Waals surface area contributed by atoms with E-state index in [0.717, 1.165) is 28.5 Å². The molecule has 0 aliphatic carbocycles. The van der Waals surface area contributed by atoms with Crippen LogP contribution in [0.2, 0.25) is 0 Å². The van der Waals surface area contributed by atoms with E-state index in [-0.39, 0.29) is 0 Å². The van der Waals surface area contributed by atoms with E-state index in [1.807, 2.05) is 24.3 Å². The lowest BCUT2D eigenvalue weighted by Crippen LogP contribution is -2.15. The van der Waals surface area contributed by atoms with Crippen molar-refractivity contribution >= 4 is 0 Å². The van der Waals surface area contributed by atoms with Crippen LogP contribution >= 0.6 is 0 Å². The van der Waals surface area contributed by atoms with Crippen molar-refractivity contribution in [1.29, 1.82) is 0 Å². The monoisotopic (exact) mass is 246 g/mol. The molecule has 94 valence electrons. The molecule has 0 amide bonds. The van der Waals surface area contributed by atoms with Crippen molar-refractivity contribution in [2.24, 2.45) is 5.73 Å². The third kappa shape index (κ3) is 2.04. The second kappa shape index (κ2) is 4.70. The van der Waals surface area contributed by atoms with Crippen molar-refractivity contribution in [2.75, 3.05) is 19.8 Å². The number of fused-ring (bicyclic) bond motifs is 1. The lowest BCUT2D eigenvalue weighted by atomic mass is 10.1. The van der Waals surface area contributed by atoms with Gasteiger partial charge in [0, 0.05) is 18.1 Å². The predicted octanol–water partition coefficient (Wildman–Crippen LogP) is 1.61. The molecule has 0 spiro atoms. The number of hydrogen-bond acceptors (Lipinski definition) is 5. The maximum atomic E-state index is 5.54. The SMILES string of the molecule is NCCc1cc(-c2ccc3c(c2)OCCO3)no1. The molecule has 5 heteroatoms. The van der Waals surface area contributed by atoms with Gasteiger partial charge in [-0.3, -0.25) is 0 Å². The fourth-order valence-corrected chi connectivity index (χ4v) is 1.91. The van der Waals surface area contributed by atoms with Gasteiger partial charge in [0.15, 0.2) is 11.5 Å². The summed E-state index contributed by atoms with van der Waals surface area (Å²) in [4.78, 5) is 0. The Morgan fingerprint density at radius 3 is 2.78 bits per heavy atom. The molecular weight excluding hydrogens is 232 g/mol. The first kappa shape index (κ1) is 11.1. The Kier molecular flexibility index (Phi) is 2.90. The smallest absolute Gasteiger partial charge is 0.162 e. The average molecular weight is 246 g/mol. The molecule has 0 fully saturated rings. The fraction of sp³-hybridized carbons (Fsp3) is 0.308. The summed E-state index contributed by atoms with van der Waals surface area (Å²) in [5.74, 6) is 2.32. The van der Waals surface area contributed by atoms with Gasteiger partial charge in [0.05, 0.1) is 0 Å². The lowest BCUT2D eigenvalue weighted by molar-refractivity contribution is 0.171. The molecule has 0 radical (unpaired) electrons. The van der Waals surface area contributed by atoms with Crippen LogP contribution in [0.15, 0.2) is 28.8 Å². The molecule has 18 heavy (non-hydrogen) atoms. The van der Waals surface area contributed by atoms with Gasteiger partial charge >= 0.3 is 0 Å². The number of nitrogens with two attached hydrogens (primary N) is 1. The summed E-state index contributed by atoms with van der Waals surface area (Å²) in [5, 5.41) is 4.03. The van der Waals surface area contributed by atoms with Crippen LogP contribution in [0.4, 0.5) is 0 Å². The van der Waals surface area contributed by atoms with Crippen molar-refractivity contribution in [3.05, 3.63) is 30.0 Å². The van der Waals surface area contributed by atoms with Crippen LogP contribution in [0.1, 0.15) is 5.76 Å². The highest BCUT2D eigenvalue weighted by Crippen LogP contribution is 2.34. The Morgan fingerprint density at radius 2 is 1.94 bits per heavy atom. The van der Waals surface area contributed by atoms with Crippen LogP contribution in [-0.4, -0.2) is 24.9 Å². The number of hydrogen-bond donors (Lipinski definition) is 1. The molecule has 0 bridgehead atoms. The summed E-state index contributed by atoms with van der Waals surface area (Å²) < 4.78 is 16.2. The van der Waals surface area contributed by atoms with Crippen LogP contribution < -0.4 is 15.2 Å². The predicted molar refractivity (Wildman–Crippen MR) is 65.7 cm³/mol. The van der Waals surface area contributed by atoms with Gasteiger partial charge in [0.25, 0.3) is 0 Å². The molecular formula is C13H14N2O3. The van der Waals surface area contributed by atoms with Crippen molar-refractivity contribution in [3.63, 3.8) is 0 Å². The topological polar surface area (TPSA) is 70.5 Å². The molecule has 1 aliphatic rings. The molecule has 0 saturated heterocycles. The molecule has 0 unspecified atom stereocenters. The van der Waals surface area contributed by atoms with Crippen molar-refractivity contribution < 1.29 is 14.0 Å². The van der Waals surface area contributed by atoms with Gasteiger partial charge in [0.2, 0.25) is 0 Å². The average Bonchev–Trinajstić information content (AvgIpc) is 2.87. The van der Waals surface area contributed by atoms with Gasteiger partial charge in [-0.2, -0.15) is 0 Å². The van der Waals surface area contributed by atoms with E-state index in [1.54, 1.807) is 0 Å². The molecule has 3 rings (SSSR count). The van der Waals surface area contributed by atoms with Gasteiger partial charge in [0.1, 0.15) is 24.7 Å². The number of ether oxygens (including phenoxy) is 2. The largest absolute Gasteiger partial charge is 0.486 e. The maximum absolute atomic E-state index is 5.54. The Labute approximate surface area is 104 Å². The van der Waals surface area contributed by atoms with Crippen LogP contribution in [0.3, 0.4) is 0 Å². The Balaban J connectivity index is 1.91. The summed E-state index contributed by atoms with van der Waals surface area (Å²) in [6.07, 6.45) is 0.692. The summed E-state index contributed by atoms with van der Waals surface area (Å²) >= 11 is 0. The molecule has 0 atom stereocenters. The number of benzene rings is 1. The summed E-state index contributed by atoms with van der Waals surface area (Å²) in [6, 6.07) is 7.65. The lowest BCUT2D eigenvalue weighted by Gasteiger charge is -2.18. The highest BCUT2D eigenvalue weighted by atomic mass is 16.6. The zero-order valence-corrected chi connectivity index (χ0v) is 9.89. The molecule has 1 aliphatic heterocycles. The highest BCUT2D eigenvalue weighted by Gasteiger charge is 2.14. The first-order chi connectivity index (χ1) is 8.86. The highest BCUT2D eigenvalue weighted by molar-refractivity contribution is 5.64. The first-order valence-corrected chi connectivity index (χ1v) is 5.92. The standard InChI is InChI=1S/C13H14N2O3/c14-4-3-10-8-11(15-18-10)9-1-2-12-13(7-9)17-6-5-16-12/h1-2,7-8H,3-6,14H2. The minimum Gasteiger partial charge on any atom is -0.486 e. The summed E-state index contributed by atoms with van der Waals surface area (Å²) in [6.45, 7) is 1.72. The molecule has 5 nitrogen and oxygen atoms in total. The molecule has 1 aromatic heterocycles. The van der Waals surface area contributed by atoms with Gasteiger partial charge in [-0.15, -0.1) is 0 Å². The minimum atomic E-state index is 0.551. The molecule has 2 N–H and O–H groups in total. The second-order valence-electron chi connectivity index (χ2n) is 4.08. The quantitative estimate of drug-likeness (QED) is 0.891. The number of aromatic nitrogens is 1. The zero-order chi connectivity index (χ0) is 12.4. The van der Waals surface area contributed by atoms with E-state index in [9.17, 15) is 0 Å². The van der Waals surface area contributed by atoms with E-state index in [4.69, 9.17) is 19.7 Å². The van der Waals surface area contributed by atoms with Gasteiger partial charge < -0.3 is 19.7 Å². The maximum Gasteiger partial charge on any atom is 0.162 e. The van der Waals surface area contributed by atoms with Crippen LogP contribution in [0.25, 0.3) is 11.3 Å². The molecule has 2 heterocycles. The van der Waals surface area contributed by atoms with Crippen molar-refractivity contribution in [1.82, 2.24) is 5.16 Å². The van der Waals surface area contributed by atoms with Crippen LogP contribution in [-0.2, 0) is 6.42 Å². The van der Waals surface area contributed by atoms with Gasteiger partial charge in [-0.1, -0.05) is 5.16 Å².